The molecule has 2 fully saturated rings. The lowest BCUT2D eigenvalue weighted by molar-refractivity contribution is -0.385. The number of amides is 2. The summed E-state index contributed by atoms with van der Waals surface area (Å²) in [7, 11) is 0. The van der Waals surface area contributed by atoms with Crippen LogP contribution in [0.5, 0.6) is 5.75 Å². The van der Waals surface area contributed by atoms with Gasteiger partial charge in [0.05, 0.1) is 29.7 Å². The number of carbonyl (C=O) groups is 2. The number of aromatic nitrogens is 1. The average molecular weight is 453 g/mol. The molecule has 174 valence electrons. The van der Waals surface area contributed by atoms with Gasteiger partial charge >= 0.3 is 0 Å². The van der Waals surface area contributed by atoms with Crippen molar-refractivity contribution in [2.24, 2.45) is 0 Å². The lowest BCUT2D eigenvalue weighted by Gasteiger charge is -2.34. The van der Waals surface area contributed by atoms with Gasteiger partial charge in [-0.2, -0.15) is 0 Å². The van der Waals surface area contributed by atoms with E-state index in [1.165, 1.54) is 17.2 Å². The number of piperidine rings is 1. The third-order valence-corrected chi connectivity index (χ3v) is 5.91. The van der Waals surface area contributed by atoms with Crippen LogP contribution in [-0.2, 0) is 9.59 Å². The number of carbonyl (C=O) groups excluding carboxylic acids is 2. The number of ether oxygens (including phenoxy) is 1. The van der Waals surface area contributed by atoms with E-state index in [1.807, 2.05) is 6.92 Å². The molecule has 2 saturated heterocycles. The molecular formula is C23H27N5O5. The van der Waals surface area contributed by atoms with E-state index in [4.69, 9.17) is 4.74 Å². The van der Waals surface area contributed by atoms with E-state index in [1.54, 1.807) is 30.3 Å². The van der Waals surface area contributed by atoms with E-state index in [-0.39, 0.29) is 30.0 Å². The van der Waals surface area contributed by atoms with Gasteiger partial charge in [0.2, 0.25) is 5.91 Å². The molecule has 0 aliphatic carbocycles. The van der Waals surface area contributed by atoms with Crippen LogP contribution < -0.4 is 19.9 Å². The Morgan fingerprint density at radius 2 is 1.88 bits per heavy atom. The molecule has 10 nitrogen and oxygen atoms in total. The Morgan fingerprint density at radius 1 is 1.15 bits per heavy atom. The molecule has 0 saturated carbocycles. The highest BCUT2D eigenvalue weighted by atomic mass is 16.6. The molecule has 2 aromatic rings. The molecule has 2 aliphatic rings. The molecule has 3 heterocycles. The van der Waals surface area contributed by atoms with Crippen molar-refractivity contribution in [2.45, 2.75) is 44.7 Å². The van der Waals surface area contributed by atoms with E-state index < -0.39 is 11.0 Å². The van der Waals surface area contributed by atoms with Gasteiger partial charge in [-0.1, -0.05) is 6.92 Å². The smallest absolute Gasteiger partial charge is 0.287 e. The Hall–Kier alpha value is -3.53. The largest absolute Gasteiger partial charge is 0.494 e. The Labute approximate surface area is 191 Å². The summed E-state index contributed by atoms with van der Waals surface area (Å²) in [6.07, 6.45) is 3.86. The number of rotatable bonds is 8. The third-order valence-electron chi connectivity index (χ3n) is 5.91. The van der Waals surface area contributed by atoms with Crippen LogP contribution in [0.4, 0.5) is 17.2 Å². The number of nitro groups is 1. The number of nitrogens with zero attached hydrogens (tertiary/aromatic N) is 4. The van der Waals surface area contributed by atoms with Crippen LogP contribution in [0.25, 0.3) is 0 Å². The van der Waals surface area contributed by atoms with E-state index >= 15 is 0 Å². The second-order valence-electron chi connectivity index (χ2n) is 8.23. The van der Waals surface area contributed by atoms with Crippen molar-refractivity contribution in [1.29, 1.82) is 0 Å². The summed E-state index contributed by atoms with van der Waals surface area (Å²) >= 11 is 0. The number of hydrogen-bond donors (Lipinski definition) is 1. The first-order chi connectivity index (χ1) is 16.0. The maximum Gasteiger partial charge on any atom is 0.287 e. The van der Waals surface area contributed by atoms with E-state index in [0.717, 1.165) is 19.3 Å². The van der Waals surface area contributed by atoms with E-state index in [0.29, 0.717) is 37.0 Å². The van der Waals surface area contributed by atoms with Gasteiger partial charge in [0.25, 0.3) is 11.6 Å². The molecule has 2 aliphatic heterocycles. The molecule has 1 N–H and O–H groups in total. The Bertz CT molecular complexity index is 1000. The molecule has 0 unspecified atom stereocenters. The van der Waals surface area contributed by atoms with Crippen molar-refractivity contribution in [2.75, 3.05) is 29.5 Å². The highest BCUT2D eigenvalue weighted by Gasteiger charge is 2.40. The first-order valence-corrected chi connectivity index (χ1v) is 11.2. The highest BCUT2D eigenvalue weighted by Crippen LogP contribution is 2.27. The zero-order valence-electron chi connectivity index (χ0n) is 18.5. The summed E-state index contributed by atoms with van der Waals surface area (Å²) in [6, 6.07) is 9.68. The summed E-state index contributed by atoms with van der Waals surface area (Å²) in [5.74, 6) is 0.960. The molecule has 2 amide bonds. The Balaban J connectivity index is 1.31. The number of nitrogens with one attached hydrogen (secondary N) is 1. The van der Waals surface area contributed by atoms with E-state index in [2.05, 4.69) is 15.2 Å². The minimum absolute atomic E-state index is 0.0348. The van der Waals surface area contributed by atoms with E-state index in [9.17, 15) is 19.7 Å². The fourth-order valence-corrected chi connectivity index (χ4v) is 4.18. The van der Waals surface area contributed by atoms with Crippen molar-refractivity contribution >= 4 is 29.0 Å². The van der Waals surface area contributed by atoms with Crippen LogP contribution in [0.3, 0.4) is 0 Å². The molecule has 0 bridgehead atoms. The number of imide groups is 1. The fraction of sp³-hybridized carbons (Fsp3) is 0.435. The molecule has 1 aromatic carbocycles. The maximum absolute atomic E-state index is 13.0. The van der Waals surface area contributed by atoms with Gasteiger partial charge in [0.1, 0.15) is 17.8 Å². The molecule has 33 heavy (non-hydrogen) atoms. The van der Waals surface area contributed by atoms with Crippen LogP contribution in [0.2, 0.25) is 0 Å². The molecule has 4 rings (SSSR count). The predicted octanol–water partition coefficient (Wildman–Crippen LogP) is 2.67. The van der Waals surface area contributed by atoms with Crippen LogP contribution in [0, 0.1) is 10.1 Å². The zero-order valence-corrected chi connectivity index (χ0v) is 18.5. The highest BCUT2D eigenvalue weighted by molar-refractivity contribution is 6.22. The first-order valence-electron chi connectivity index (χ1n) is 11.2. The summed E-state index contributed by atoms with van der Waals surface area (Å²) < 4.78 is 5.57. The maximum atomic E-state index is 13.0. The number of anilines is 2. The van der Waals surface area contributed by atoms with Crippen molar-refractivity contribution in [3.63, 3.8) is 0 Å². The van der Waals surface area contributed by atoms with Gasteiger partial charge in [-0.05, 0) is 49.6 Å². The number of hydrogen-bond acceptors (Lipinski definition) is 8. The summed E-state index contributed by atoms with van der Waals surface area (Å²) in [4.78, 5) is 43.4. The average Bonchev–Trinajstić information content (AvgIpc) is 3.11. The second-order valence-corrected chi connectivity index (χ2v) is 8.23. The van der Waals surface area contributed by atoms with Crippen molar-refractivity contribution in [3.05, 3.63) is 52.7 Å². The first kappa shape index (κ1) is 22.7. The van der Waals surface area contributed by atoms with Gasteiger partial charge < -0.3 is 15.0 Å². The minimum Gasteiger partial charge on any atom is -0.494 e. The van der Waals surface area contributed by atoms with Crippen molar-refractivity contribution in [1.82, 2.24) is 10.3 Å². The summed E-state index contributed by atoms with van der Waals surface area (Å²) in [6.45, 7) is 4.06. The topological polar surface area (TPSA) is 118 Å². The van der Waals surface area contributed by atoms with Crippen LogP contribution >= 0.6 is 0 Å². The molecular weight excluding hydrogens is 426 g/mol. The molecule has 1 atom stereocenters. The third kappa shape index (κ3) is 5.11. The molecule has 1 aromatic heterocycles. The SMILES string of the molecule is CCCOc1ccc(N2C(=O)C[C@@H](NC3CCN(c4ccc([N+](=O)[O-])cn4)CC3)C2=O)cc1. The lowest BCUT2D eigenvalue weighted by atomic mass is 10.0. The summed E-state index contributed by atoms with van der Waals surface area (Å²) in [5, 5.41) is 14.2. The van der Waals surface area contributed by atoms with Crippen LogP contribution in [-0.4, -0.2) is 53.5 Å². The molecule has 0 radical (unpaired) electrons. The second kappa shape index (κ2) is 9.95. The fourth-order valence-electron chi connectivity index (χ4n) is 4.18. The van der Waals surface area contributed by atoms with Crippen LogP contribution in [0.15, 0.2) is 42.6 Å². The van der Waals surface area contributed by atoms with Crippen LogP contribution in [0.1, 0.15) is 32.6 Å². The molecule has 10 heteroatoms. The molecule has 0 spiro atoms. The number of benzene rings is 1. The minimum atomic E-state index is -0.539. The normalized spacial score (nSPS) is 19.2. The van der Waals surface area contributed by atoms with Gasteiger partial charge in [0, 0.05) is 25.2 Å². The monoisotopic (exact) mass is 453 g/mol. The quantitative estimate of drug-likeness (QED) is 0.368. The van der Waals surface area contributed by atoms with Crippen molar-refractivity contribution < 1.29 is 19.2 Å². The lowest BCUT2D eigenvalue weighted by Crippen LogP contribution is -2.49. The zero-order chi connectivity index (χ0) is 23.4. The Morgan fingerprint density at radius 3 is 2.48 bits per heavy atom. The summed E-state index contributed by atoms with van der Waals surface area (Å²) in [5.41, 5.74) is 0.518. The Kier molecular flexibility index (Phi) is 6.83. The van der Waals surface area contributed by atoms with Gasteiger partial charge in [-0.3, -0.25) is 19.7 Å². The predicted molar refractivity (Wildman–Crippen MR) is 122 cm³/mol. The van der Waals surface area contributed by atoms with Gasteiger partial charge in [0.15, 0.2) is 0 Å². The van der Waals surface area contributed by atoms with Gasteiger partial charge in [-0.25, -0.2) is 9.88 Å². The standard InChI is InChI=1S/C23H27N5O5/c1-2-13-33-19-6-3-17(4-7-19)27-22(29)14-20(23(27)30)25-16-9-11-26(12-10-16)21-8-5-18(15-24-21)28(31)32/h3-8,15-16,20,25H,2,9-14H2,1H3/t20-/m1/s1. The number of pyridine rings is 1. The van der Waals surface area contributed by atoms with Crippen molar-refractivity contribution in [3.8, 4) is 5.75 Å². The van der Waals surface area contributed by atoms with Gasteiger partial charge in [-0.15, -0.1) is 0 Å².